The third-order valence-electron chi connectivity index (χ3n) is 2.87. The molecule has 0 aromatic heterocycles. The van der Waals surface area contributed by atoms with Gasteiger partial charge in [0.2, 0.25) is 0 Å². The van der Waals surface area contributed by atoms with Gasteiger partial charge in [0.25, 0.3) is 0 Å². The van der Waals surface area contributed by atoms with Crippen LogP contribution in [0.15, 0.2) is 18.2 Å². The van der Waals surface area contributed by atoms with Crippen molar-refractivity contribution in [3.63, 3.8) is 0 Å². The summed E-state index contributed by atoms with van der Waals surface area (Å²) in [5, 5.41) is 3.47. The molecule has 70 valence electrons. The third kappa shape index (κ3) is 1.26. The third-order valence-corrected chi connectivity index (χ3v) is 2.87. The van der Waals surface area contributed by atoms with E-state index in [1.54, 1.807) is 0 Å². The number of hydrogen-bond donors (Lipinski definition) is 1. The second-order valence-electron chi connectivity index (χ2n) is 3.81. The summed E-state index contributed by atoms with van der Waals surface area (Å²) in [6, 6.07) is 7.01. The second kappa shape index (κ2) is 2.95. The van der Waals surface area contributed by atoms with Crippen molar-refractivity contribution < 1.29 is 0 Å². The predicted molar refractivity (Wildman–Crippen MR) is 57.5 cm³/mol. The molecule has 2 rings (SSSR count). The molecule has 1 aliphatic heterocycles. The van der Waals surface area contributed by atoms with Crippen LogP contribution in [0.1, 0.15) is 12.5 Å². The van der Waals surface area contributed by atoms with Gasteiger partial charge >= 0.3 is 0 Å². The fourth-order valence-electron chi connectivity index (χ4n) is 1.80. The molecular formula is C11H16N2. The minimum atomic E-state index is 0.578. The van der Waals surface area contributed by atoms with Crippen molar-refractivity contribution in [2.24, 2.45) is 0 Å². The number of nitrogens with one attached hydrogen (secondary N) is 1. The lowest BCUT2D eigenvalue weighted by atomic mass is 10.1. The zero-order valence-corrected chi connectivity index (χ0v) is 8.46. The molecule has 0 amide bonds. The van der Waals surface area contributed by atoms with E-state index < -0.39 is 0 Å². The SMILES string of the molecule is Cc1cccc2c1NCC(C)N2C. The molecule has 1 aliphatic rings. The van der Waals surface area contributed by atoms with E-state index in [1.165, 1.54) is 16.9 Å². The molecule has 0 saturated carbocycles. The van der Waals surface area contributed by atoms with Crippen molar-refractivity contribution in [3.8, 4) is 0 Å². The molecule has 0 aliphatic carbocycles. The van der Waals surface area contributed by atoms with Crippen molar-refractivity contribution in [1.29, 1.82) is 0 Å². The van der Waals surface area contributed by atoms with Gasteiger partial charge in [0.05, 0.1) is 11.4 Å². The first kappa shape index (κ1) is 8.42. The molecule has 1 atom stereocenters. The van der Waals surface area contributed by atoms with Gasteiger partial charge in [-0.05, 0) is 25.5 Å². The van der Waals surface area contributed by atoms with Crippen molar-refractivity contribution in [2.45, 2.75) is 19.9 Å². The van der Waals surface area contributed by atoms with E-state index in [-0.39, 0.29) is 0 Å². The monoisotopic (exact) mass is 176 g/mol. The molecule has 2 nitrogen and oxygen atoms in total. The Hall–Kier alpha value is -1.18. The molecule has 0 saturated heterocycles. The molecule has 1 aromatic carbocycles. The van der Waals surface area contributed by atoms with E-state index in [0.29, 0.717) is 6.04 Å². The summed E-state index contributed by atoms with van der Waals surface area (Å²) in [4.78, 5) is 2.33. The first-order valence-electron chi connectivity index (χ1n) is 4.76. The number of para-hydroxylation sites is 1. The quantitative estimate of drug-likeness (QED) is 0.652. The molecule has 1 unspecified atom stereocenters. The predicted octanol–water partition coefficient (Wildman–Crippen LogP) is 2.25. The van der Waals surface area contributed by atoms with Crippen LogP contribution >= 0.6 is 0 Å². The Bertz CT molecular complexity index is 320. The smallest absolute Gasteiger partial charge is 0.0608 e. The lowest BCUT2D eigenvalue weighted by Gasteiger charge is -2.35. The fourth-order valence-corrected chi connectivity index (χ4v) is 1.80. The Kier molecular flexibility index (Phi) is 1.91. The number of aryl methyl sites for hydroxylation is 1. The Morgan fingerprint density at radius 2 is 2.23 bits per heavy atom. The molecule has 1 N–H and O–H groups in total. The molecular weight excluding hydrogens is 160 g/mol. The maximum absolute atomic E-state index is 3.47. The number of anilines is 2. The summed E-state index contributed by atoms with van der Waals surface area (Å²) in [7, 11) is 2.16. The molecule has 0 fully saturated rings. The lowest BCUT2D eigenvalue weighted by Crippen LogP contribution is -2.39. The standard InChI is InChI=1S/C11H16N2/c1-8-5-4-6-10-11(8)12-7-9(2)13(10)3/h4-6,9,12H,7H2,1-3H3. The topological polar surface area (TPSA) is 15.3 Å². The summed E-state index contributed by atoms with van der Waals surface area (Å²) < 4.78 is 0. The van der Waals surface area contributed by atoms with Gasteiger partial charge in [0, 0.05) is 19.6 Å². The van der Waals surface area contributed by atoms with E-state index in [9.17, 15) is 0 Å². The number of likely N-dealkylation sites (N-methyl/N-ethyl adjacent to an activating group) is 1. The second-order valence-corrected chi connectivity index (χ2v) is 3.81. The van der Waals surface area contributed by atoms with Crippen LogP contribution in [-0.4, -0.2) is 19.6 Å². The minimum Gasteiger partial charge on any atom is -0.381 e. The summed E-state index contributed by atoms with van der Waals surface area (Å²) in [6.45, 7) is 5.42. The van der Waals surface area contributed by atoms with Gasteiger partial charge in [-0.2, -0.15) is 0 Å². The molecule has 2 heteroatoms. The zero-order valence-electron chi connectivity index (χ0n) is 8.46. The number of fused-ring (bicyclic) bond motifs is 1. The van der Waals surface area contributed by atoms with E-state index in [4.69, 9.17) is 0 Å². The van der Waals surface area contributed by atoms with Crippen LogP contribution in [0.5, 0.6) is 0 Å². The molecule has 1 heterocycles. The van der Waals surface area contributed by atoms with Crippen LogP contribution in [0.4, 0.5) is 11.4 Å². The maximum Gasteiger partial charge on any atom is 0.0608 e. The van der Waals surface area contributed by atoms with E-state index >= 15 is 0 Å². The Morgan fingerprint density at radius 3 is 3.00 bits per heavy atom. The highest BCUT2D eigenvalue weighted by atomic mass is 15.2. The fraction of sp³-hybridized carbons (Fsp3) is 0.455. The maximum atomic E-state index is 3.47. The van der Waals surface area contributed by atoms with Crippen LogP contribution in [-0.2, 0) is 0 Å². The summed E-state index contributed by atoms with van der Waals surface area (Å²) in [5.74, 6) is 0. The normalized spacial score (nSPS) is 20.8. The van der Waals surface area contributed by atoms with E-state index in [1.807, 2.05) is 0 Å². The molecule has 0 radical (unpaired) electrons. The van der Waals surface area contributed by atoms with Gasteiger partial charge in [-0.1, -0.05) is 12.1 Å². The molecule has 1 aromatic rings. The summed E-state index contributed by atoms with van der Waals surface area (Å²) >= 11 is 0. The van der Waals surface area contributed by atoms with Crippen molar-refractivity contribution in [1.82, 2.24) is 0 Å². The molecule has 13 heavy (non-hydrogen) atoms. The van der Waals surface area contributed by atoms with E-state index in [0.717, 1.165) is 6.54 Å². The number of hydrogen-bond acceptors (Lipinski definition) is 2. The zero-order chi connectivity index (χ0) is 9.42. The summed E-state index contributed by atoms with van der Waals surface area (Å²) in [5.41, 5.74) is 3.94. The van der Waals surface area contributed by atoms with Crippen molar-refractivity contribution >= 4 is 11.4 Å². The van der Waals surface area contributed by atoms with Gasteiger partial charge in [-0.25, -0.2) is 0 Å². The Morgan fingerprint density at radius 1 is 1.46 bits per heavy atom. The number of rotatable bonds is 0. The minimum absolute atomic E-state index is 0.578. The van der Waals surface area contributed by atoms with Crippen LogP contribution in [0.3, 0.4) is 0 Å². The van der Waals surface area contributed by atoms with Crippen LogP contribution < -0.4 is 10.2 Å². The van der Waals surface area contributed by atoms with E-state index in [2.05, 4.69) is 49.3 Å². The van der Waals surface area contributed by atoms with Crippen molar-refractivity contribution in [3.05, 3.63) is 23.8 Å². The first-order chi connectivity index (χ1) is 6.20. The molecule has 0 bridgehead atoms. The van der Waals surface area contributed by atoms with Crippen LogP contribution in [0.25, 0.3) is 0 Å². The Balaban J connectivity index is 2.49. The van der Waals surface area contributed by atoms with Gasteiger partial charge in [-0.15, -0.1) is 0 Å². The average molecular weight is 176 g/mol. The number of nitrogens with zero attached hydrogens (tertiary/aromatic N) is 1. The van der Waals surface area contributed by atoms with Crippen LogP contribution in [0.2, 0.25) is 0 Å². The average Bonchev–Trinajstić information content (AvgIpc) is 2.12. The molecule has 0 spiro atoms. The van der Waals surface area contributed by atoms with Crippen LogP contribution in [0, 0.1) is 6.92 Å². The Labute approximate surface area is 79.6 Å². The van der Waals surface area contributed by atoms with Crippen molar-refractivity contribution in [2.75, 3.05) is 23.8 Å². The van der Waals surface area contributed by atoms with Gasteiger partial charge in [0.15, 0.2) is 0 Å². The van der Waals surface area contributed by atoms with Gasteiger partial charge < -0.3 is 10.2 Å². The number of benzene rings is 1. The first-order valence-corrected chi connectivity index (χ1v) is 4.76. The van der Waals surface area contributed by atoms with Gasteiger partial charge in [-0.3, -0.25) is 0 Å². The highest BCUT2D eigenvalue weighted by Crippen LogP contribution is 2.32. The summed E-state index contributed by atoms with van der Waals surface area (Å²) in [6.07, 6.45) is 0. The lowest BCUT2D eigenvalue weighted by molar-refractivity contribution is 0.698. The van der Waals surface area contributed by atoms with Gasteiger partial charge in [0.1, 0.15) is 0 Å². The highest BCUT2D eigenvalue weighted by Gasteiger charge is 2.19. The highest BCUT2D eigenvalue weighted by molar-refractivity contribution is 5.75. The largest absolute Gasteiger partial charge is 0.381 e.